The Morgan fingerprint density at radius 3 is 2.38 bits per heavy atom. The number of amides is 1. The summed E-state index contributed by atoms with van der Waals surface area (Å²) in [5.41, 5.74) is 5.54. The van der Waals surface area contributed by atoms with Crippen LogP contribution in [0.25, 0.3) is 0 Å². The minimum atomic E-state index is -0.0291. The third kappa shape index (κ3) is 3.45. The van der Waals surface area contributed by atoms with E-state index in [1.165, 1.54) is 17.0 Å². The topological polar surface area (TPSA) is 46.1 Å². The van der Waals surface area contributed by atoms with Crippen LogP contribution in [0.5, 0.6) is 0 Å². The van der Waals surface area contributed by atoms with E-state index in [0.29, 0.717) is 12.1 Å². The van der Waals surface area contributed by atoms with Crippen LogP contribution in [0.4, 0.5) is 5.69 Å². The molecule has 112 valence electrons. The number of rotatable bonds is 5. The fourth-order valence-electron chi connectivity index (χ4n) is 2.31. The van der Waals surface area contributed by atoms with Crippen LogP contribution in [0.1, 0.15) is 34.2 Å². The van der Waals surface area contributed by atoms with Gasteiger partial charge in [0.05, 0.1) is 0 Å². The van der Waals surface area contributed by atoms with E-state index in [0.717, 1.165) is 12.2 Å². The maximum absolute atomic E-state index is 11.7. The van der Waals surface area contributed by atoms with E-state index < -0.39 is 0 Å². The second-order valence-electron chi connectivity index (χ2n) is 5.25. The molecule has 0 aliphatic heterocycles. The summed E-state index contributed by atoms with van der Waals surface area (Å²) in [5, 5.41) is 6.19. The minimum absolute atomic E-state index is 0.0291. The van der Waals surface area contributed by atoms with Gasteiger partial charge in [0.1, 0.15) is 0 Å². The number of nitrogens with one attached hydrogen (secondary N) is 2. The molecule has 1 heterocycles. The second kappa shape index (κ2) is 6.48. The molecule has 0 spiro atoms. The highest BCUT2D eigenvalue weighted by molar-refractivity contribution is 5.94. The predicted molar refractivity (Wildman–Crippen MR) is 86.7 cm³/mol. The highest BCUT2D eigenvalue weighted by Crippen LogP contribution is 2.16. The molecule has 0 atom stereocenters. The lowest BCUT2D eigenvalue weighted by Crippen LogP contribution is -2.22. The number of nitrogens with zero attached hydrogens (tertiary/aromatic N) is 1. The molecule has 0 radical (unpaired) electrons. The van der Waals surface area contributed by atoms with Gasteiger partial charge in [-0.2, -0.15) is 0 Å². The first kappa shape index (κ1) is 15.2. The Bertz CT molecular complexity index is 626. The summed E-state index contributed by atoms with van der Waals surface area (Å²) >= 11 is 0. The van der Waals surface area contributed by atoms with Crippen LogP contribution in [-0.2, 0) is 13.6 Å². The van der Waals surface area contributed by atoms with E-state index in [1.807, 2.05) is 31.2 Å². The van der Waals surface area contributed by atoms with Crippen molar-refractivity contribution in [3.8, 4) is 0 Å². The second-order valence-corrected chi connectivity index (χ2v) is 5.25. The maximum Gasteiger partial charge on any atom is 0.251 e. The number of carbonyl (C=O) groups is 1. The lowest BCUT2D eigenvalue weighted by Gasteiger charge is -2.08. The van der Waals surface area contributed by atoms with Crippen LogP contribution in [0.2, 0.25) is 0 Å². The van der Waals surface area contributed by atoms with Crippen molar-refractivity contribution < 1.29 is 4.79 Å². The Hall–Kier alpha value is -2.23. The molecule has 4 heteroatoms. The number of anilines is 1. The van der Waals surface area contributed by atoms with E-state index in [-0.39, 0.29) is 5.91 Å². The smallest absolute Gasteiger partial charge is 0.251 e. The molecule has 0 aliphatic carbocycles. The quantitative estimate of drug-likeness (QED) is 0.887. The van der Waals surface area contributed by atoms with Gasteiger partial charge in [-0.1, -0.05) is 0 Å². The standard InChI is InChI=1S/C17H23N3O/c1-5-18-17(21)14-6-8-16(9-7-14)19-11-15-10-12(2)20(4)13(15)3/h6-10,19H,5,11H2,1-4H3,(H,18,21). The van der Waals surface area contributed by atoms with Crippen molar-refractivity contribution in [3.63, 3.8) is 0 Å². The fourth-order valence-corrected chi connectivity index (χ4v) is 2.31. The van der Waals surface area contributed by atoms with Gasteiger partial charge in [0.15, 0.2) is 0 Å². The number of benzene rings is 1. The van der Waals surface area contributed by atoms with Gasteiger partial charge in [0, 0.05) is 42.8 Å². The Balaban J connectivity index is 2.00. The van der Waals surface area contributed by atoms with Gasteiger partial charge in [-0.25, -0.2) is 0 Å². The van der Waals surface area contributed by atoms with Crippen molar-refractivity contribution in [2.75, 3.05) is 11.9 Å². The summed E-state index contributed by atoms with van der Waals surface area (Å²) in [5.74, 6) is -0.0291. The van der Waals surface area contributed by atoms with Crippen molar-refractivity contribution in [1.29, 1.82) is 0 Å². The molecule has 1 aromatic heterocycles. The predicted octanol–water partition coefficient (Wildman–Crippen LogP) is 3.00. The Morgan fingerprint density at radius 2 is 1.86 bits per heavy atom. The first-order valence-corrected chi connectivity index (χ1v) is 7.27. The van der Waals surface area contributed by atoms with Crippen LogP contribution in [-0.4, -0.2) is 17.0 Å². The molecular weight excluding hydrogens is 262 g/mol. The molecular formula is C17H23N3O. The van der Waals surface area contributed by atoms with Crippen LogP contribution in [0.3, 0.4) is 0 Å². The SMILES string of the molecule is CCNC(=O)c1ccc(NCc2cc(C)n(C)c2C)cc1. The molecule has 0 unspecified atom stereocenters. The normalized spacial score (nSPS) is 10.5. The molecule has 0 aliphatic rings. The molecule has 1 aromatic carbocycles. The van der Waals surface area contributed by atoms with E-state index in [1.54, 1.807) is 0 Å². The molecule has 0 fully saturated rings. The van der Waals surface area contributed by atoms with E-state index >= 15 is 0 Å². The van der Waals surface area contributed by atoms with E-state index in [9.17, 15) is 4.79 Å². The molecule has 2 aromatic rings. The molecule has 21 heavy (non-hydrogen) atoms. The average Bonchev–Trinajstić information content (AvgIpc) is 2.73. The first-order valence-electron chi connectivity index (χ1n) is 7.27. The average molecular weight is 285 g/mol. The monoisotopic (exact) mass is 285 g/mol. The lowest BCUT2D eigenvalue weighted by atomic mass is 10.2. The number of aromatic nitrogens is 1. The molecule has 4 nitrogen and oxygen atoms in total. The van der Waals surface area contributed by atoms with Crippen LogP contribution >= 0.6 is 0 Å². The van der Waals surface area contributed by atoms with Crippen molar-refractivity contribution >= 4 is 11.6 Å². The summed E-state index contributed by atoms with van der Waals surface area (Å²) in [4.78, 5) is 11.7. The minimum Gasteiger partial charge on any atom is -0.381 e. The number of hydrogen-bond acceptors (Lipinski definition) is 2. The Labute approximate surface area is 126 Å². The zero-order valence-electron chi connectivity index (χ0n) is 13.2. The van der Waals surface area contributed by atoms with Crippen LogP contribution < -0.4 is 10.6 Å². The Morgan fingerprint density at radius 1 is 1.19 bits per heavy atom. The first-order chi connectivity index (χ1) is 10.0. The number of hydrogen-bond donors (Lipinski definition) is 2. The molecule has 0 bridgehead atoms. The van der Waals surface area contributed by atoms with Crippen molar-refractivity contribution in [2.45, 2.75) is 27.3 Å². The van der Waals surface area contributed by atoms with Gasteiger partial charge in [0.25, 0.3) is 5.91 Å². The summed E-state index contributed by atoms with van der Waals surface area (Å²) < 4.78 is 2.19. The third-order valence-electron chi connectivity index (χ3n) is 3.85. The molecule has 0 saturated carbocycles. The molecule has 0 saturated heterocycles. The summed E-state index contributed by atoms with van der Waals surface area (Å²) in [6, 6.07) is 9.77. The van der Waals surface area contributed by atoms with E-state index in [4.69, 9.17) is 0 Å². The zero-order valence-corrected chi connectivity index (χ0v) is 13.2. The van der Waals surface area contributed by atoms with Gasteiger partial charge in [-0.3, -0.25) is 4.79 Å². The fraction of sp³-hybridized carbons (Fsp3) is 0.353. The van der Waals surface area contributed by atoms with Gasteiger partial charge < -0.3 is 15.2 Å². The van der Waals surface area contributed by atoms with Crippen molar-refractivity contribution in [2.24, 2.45) is 7.05 Å². The maximum atomic E-state index is 11.7. The third-order valence-corrected chi connectivity index (χ3v) is 3.85. The number of carbonyl (C=O) groups excluding carboxylic acids is 1. The lowest BCUT2D eigenvalue weighted by molar-refractivity contribution is 0.0956. The van der Waals surface area contributed by atoms with Gasteiger partial charge in [-0.15, -0.1) is 0 Å². The summed E-state index contributed by atoms with van der Waals surface area (Å²) in [6.45, 7) is 7.58. The highest BCUT2D eigenvalue weighted by atomic mass is 16.1. The Kier molecular flexibility index (Phi) is 4.68. The van der Waals surface area contributed by atoms with Crippen molar-refractivity contribution in [1.82, 2.24) is 9.88 Å². The highest BCUT2D eigenvalue weighted by Gasteiger charge is 2.06. The largest absolute Gasteiger partial charge is 0.381 e. The summed E-state index contributed by atoms with van der Waals surface area (Å²) in [6.07, 6.45) is 0. The number of aryl methyl sites for hydroxylation is 1. The zero-order chi connectivity index (χ0) is 15.4. The van der Waals surface area contributed by atoms with Crippen LogP contribution in [0, 0.1) is 13.8 Å². The van der Waals surface area contributed by atoms with Gasteiger partial charge >= 0.3 is 0 Å². The van der Waals surface area contributed by atoms with Crippen LogP contribution in [0.15, 0.2) is 30.3 Å². The molecule has 1 amide bonds. The van der Waals surface area contributed by atoms with E-state index in [2.05, 4.69) is 42.2 Å². The summed E-state index contributed by atoms with van der Waals surface area (Å²) in [7, 11) is 2.08. The van der Waals surface area contributed by atoms with Gasteiger partial charge in [0.2, 0.25) is 0 Å². The van der Waals surface area contributed by atoms with Crippen molar-refractivity contribution in [3.05, 3.63) is 52.8 Å². The molecule has 2 N–H and O–H groups in total. The molecule has 2 rings (SSSR count). The van der Waals surface area contributed by atoms with Gasteiger partial charge in [-0.05, 0) is 56.7 Å².